The predicted octanol–water partition coefficient (Wildman–Crippen LogP) is 2.20. The van der Waals surface area contributed by atoms with Gasteiger partial charge in [0.2, 0.25) is 5.12 Å². The van der Waals surface area contributed by atoms with E-state index in [0.29, 0.717) is 0 Å². The lowest BCUT2D eigenvalue weighted by atomic mass is 10.1. The first kappa shape index (κ1) is 8.27. The van der Waals surface area contributed by atoms with Gasteiger partial charge in [-0.2, -0.15) is 0 Å². The quantitative estimate of drug-likeness (QED) is 0.639. The van der Waals surface area contributed by atoms with Crippen LogP contribution in [0.5, 0.6) is 0 Å². The van der Waals surface area contributed by atoms with Gasteiger partial charge in [-0.1, -0.05) is 11.6 Å². The second kappa shape index (κ2) is 3.05. The molecule has 1 rings (SSSR count). The van der Waals surface area contributed by atoms with Gasteiger partial charge in [0, 0.05) is 0 Å². The standard InChI is InChI=1S/C8H7FOS/c1-5-2-3-7(9)6(4-5)8(10)11/h2-4H,1H3,(H,10,11). The molecule has 0 aromatic heterocycles. The van der Waals surface area contributed by atoms with Crippen molar-refractivity contribution in [1.29, 1.82) is 0 Å². The number of hydrogen-bond acceptors (Lipinski definition) is 1. The van der Waals surface area contributed by atoms with Crippen LogP contribution in [0, 0.1) is 12.7 Å². The Balaban J connectivity index is 3.23. The maximum Gasteiger partial charge on any atom is 0.219 e. The summed E-state index contributed by atoms with van der Waals surface area (Å²) in [6.45, 7) is 1.79. The second-order valence-corrected chi connectivity index (χ2v) is 2.69. The third-order valence-electron chi connectivity index (χ3n) is 1.35. The molecule has 58 valence electrons. The molecule has 1 aromatic rings. The van der Waals surface area contributed by atoms with Gasteiger partial charge in [-0.25, -0.2) is 4.39 Å². The lowest BCUT2D eigenvalue weighted by molar-refractivity contribution is 0.108. The van der Waals surface area contributed by atoms with Crippen molar-refractivity contribution < 1.29 is 9.18 Å². The molecule has 0 aliphatic heterocycles. The Labute approximate surface area is 69.6 Å². The molecule has 0 amide bonds. The number of hydrogen-bond donors (Lipinski definition) is 1. The first-order chi connectivity index (χ1) is 5.11. The summed E-state index contributed by atoms with van der Waals surface area (Å²) < 4.78 is 12.8. The Morgan fingerprint density at radius 1 is 1.55 bits per heavy atom. The summed E-state index contributed by atoms with van der Waals surface area (Å²) in [5.74, 6) is -0.518. The normalized spacial score (nSPS) is 9.73. The zero-order chi connectivity index (χ0) is 8.43. The Hall–Kier alpha value is -0.830. The van der Waals surface area contributed by atoms with Crippen LogP contribution in [0.2, 0.25) is 0 Å². The van der Waals surface area contributed by atoms with Gasteiger partial charge in [-0.15, -0.1) is 12.6 Å². The monoisotopic (exact) mass is 170 g/mol. The van der Waals surface area contributed by atoms with Gasteiger partial charge < -0.3 is 0 Å². The van der Waals surface area contributed by atoms with Crippen LogP contribution in [-0.4, -0.2) is 5.12 Å². The van der Waals surface area contributed by atoms with Crippen molar-refractivity contribution in [3.63, 3.8) is 0 Å². The smallest absolute Gasteiger partial charge is 0.219 e. The average Bonchev–Trinajstić information content (AvgIpc) is 1.94. The Bertz CT molecular complexity index is 296. The van der Waals surface area contributed by atoms with Crippen molar-refractivity contribution in [3.8, 4) is 0 Å². The number of carbonyl (C=O) groups is 1. The maximum absolute atomic E-state index is 12.8. The van der Waals surface area contributed by atoms with E-state index in [9.17, 15) is 9.18 Å². The number of carbonyl (C=O) groups excluding carboxylic acids is 1. The molecule has 0 aliphatic carbocycles. The van der Waals surface area contributed by atoms with E-state index in [-0.39, 0.29) is 5.56 Å². The van der Waals surface area contributed by atoms with Gasteiger partial charge in [-0.3, -0.25) is 4.79 Å². The van der Waals surface area contributed by atoms with Crippen LogP contribution in [0.15, 0.2) is 18.2 Å². The molecule has 3 heteroatoms. The summed E-state index contributed by atoms with van der Waals surface area (Å²) in [7, 11) is 0. The van der Waals surface area contributed by atoms with Crippen LogP contribution in [0.25, 0.3) is 0 Å². The van der Waals surface area contributed by atoms with Crippen LogP contribution in [0.1, 0.15) is 15.9 Å². The molecule has 0 saturated carbocycles. The summed E-state index contributed by atoms with van der Waals surface area (Å²) >= 11 is 3.53. The van der Waals surface area contributed by atoms with Gasteiger partial charge >= 0.3 is 0 Å². The first-order valence-corrected chi connectivity index (χ1v) is 3.55. The third kappa shape index (κ3) is 1.80. The van der Waals surface area contributed by atoms with E-state index >= 15 is 0 Å². The Kier molecular flexibility index (Phi) is 2.29. The minimum Gasteiger partial charge on any atom is -0.282 e. The van der Waals surface area contributed by atoms with E-state index in [1.165, 1.54) is 12.1 Å². The molecular weight excluding hydrogens is 163 g/mol. The zero-order valence-electron chi connectivity index (χ0n) is 5.97. The van der Waals surface area contributed by atoms with Crippen molar-refractivity contribution in [2.75, 3.05) is 0 Å². The average molecular weight is 170 g/mol. The molecule has 0 fully saturated rings. The number of rotatable bonds is 1. The molecule has 0 saturated heterocycles. The fourth-order valence-electron chi connectivity index (χ4n) is 0.803. The highest BCUT2D eigenvalue weighted by Gasteiger charge is 2.06. The highest BCUT2D eigenvalue weighted by molar-refractivity contribution is 7.97. The molecule has 0 N–H and O–H groups in total. The Morgan fingerprint density at radius 3 is 2.64 bits per heavy atom. The fourth-order valence-corrected chi connectivity index (χ4v) is 0.974. The van der Waals surface area contributed by atoms with Crippen LogP contribution in [0.3, 0.4) is 0 Å². The maximum atomic E-state index is 12.8. The van der Waals surface area contributed by atoms with Gasteiger partial charge in [0.15, 0.2) is 0 Å². The topological polar surface area (TPSA) is 17.1 Å². The van der Waals surface area contributed by atoms with Crippen LogP contribution in [-0.2, 0) is 0 Å². The fraction of sp³-hybridized carbons (Fsp3) is 0.125. The number of benzene rings is 1. The van der Waals surface area contributed by atoms with E-state index in [2.05, 4.69) is 12.6 Å². The van der Waals surface area contributed by atoms with Crippen LogP contribution >= 0.6 is 12.6 Å². The molecule has 0 atom stereocenters. The van der Waals surface area contributed by atoms with Crippen LogP contribution in [0.4, 0.5) is 4.39 Å². The molecule has 0 radical (unpaired) electrons. The van der Waals surface area contributed by atoms with E-state index < -0.39 is 10.9 Å². The minimum absolute atomic E-state index is 0.0355. The molecule has 0 spiro atoms. The predicted molar refractivity (Wildman–Crippen MR) is 44.5 cm³/mol. The SMILES string of the molecule is Cc1ccc(F)c(C(=O)S)c1. The van der Waals surface area contributed by atoms with E-state index in [0.717, 1.165) is 5.56 Å². The van der Waals surface area contributed by atoms with E-state index in [4.69, 9.17) is 0 Å². The summed E-state index contributed by atoms with van der Waals surface area (Å²) in [4.78, 5) is 10.6. The summed E-state index contributed by atoms with van der Waals surface area (Å²) in [6.07, 6.45) is 0. The van der Waals surface area contributed by atoms with Crippen molar-refractivity contribution >= 4 is 17.7 Å². The summed E-state index contributed by atoms with van der Waals surface area (Å²) in [5, 5.41) is -0.536. The molecular formula is C8H7FOS. The Morgan fingerprint density at radius 2 is 2.18 bits per heavy atom. The third-order valence-corrected chi connectivity index (χ3v) is 1.59. The molecule has 0 heterocycles. The second-order valence-electron chi connectivity index (χ2n) is 2.29. The molecule has 0 bridgehead atoms. The van der Waals surface area contributed by atoms with E-state index in [1.807, 2.05) is 0 Å². The van der Waals surface area contributed by atoms with Gasteiger partial charge in [0.25, 0.3) is 0 Å². The number of aryl methyl sites for hydroxylation is 1. The number of halogens is 1. The van der Waals surface area contributed by atoms with Gasteiger partial charge in [0.1, 0.15) is 5.82 Å². The summed E-state index contributed by atoms with van der Waals surface area (Å²) in [6, 6.07) is 4.35. The largest absolute Gasteiger partial charge is 0.282 e. The highest BCUT2D eigenvalue weighted by Crippen LogP contribution is 2.11. The van der Waals surface area contributed by atoms with Crippen molar-refractivity contribution in [3.05, 3.63) is 35.1 Å². The first-order valence-electron chi connectivity index (χ1n) is 3.10. The van der Waals surface area contributed by atoms with Gasteiger partial charge in [-0.05, 0) is 19.1 Å². The minimum atomic E-state index is -0.536. The lowest BCUT2D eigenvalue weighted by Gasteiger charge is -1.97. The van der Waals surface area contributed by atoms with Gasteiger partial charge in [0.05, 0.1) is 5.56 Å². The van der Waals surface area contributed by atoms with Crippen LogP contribution < -0.4 is 0 Å². The van der Waals surface area contributed by atoms with Crippen molar-refractivity contribution in [2.24, 2.45) is 0 Å². The summed E-state index contributed by atoms with van der Waals surface area (Å²) in [5.41, 5.74) is 0.886. The lowest BCUT2D eigenvalue weighted by Crippen LogP contribution is -1.94. The number of thiol groups is 1. The highest BCUT2D eigenvalue weighted by atomic mass is 32.1. The van der Waals surface area contributed by atoms with E-state index in [1.54, 1.807) is 13.0 Å². The molecule has 0 unspecified atom stereocenters. The van der Waals surface area contributed by atoms with Crippen molar-refractivity contribution in [2.45, 2.75) is 6.92 Å². The molecule has 11 heavy (non-hydrogen) atoms. The molecule has 1 aromatic carbocycles. The van der Waals surface area contributed by atoms with Crippen molar-refractivity contribution in [1.82, 2.24) is 0 Å². The zero-order valence-corrected chi connectivity index (χ0v) is 6.86. The molecule has 1 nitrogen and oxygen atoms in total. The molecule has 0 aliphatic rings.